The number of thioether (sulfide) groups is 1. The van der Waals surface area contributed by atoms with Crippen molar-refractivity contribution < 1.29 is 43.5 Å². The number of hydrogen-bond acceptors (Lipinski definition) is 11. The van der Waals surface area contributed by atoms with Gasteiger partial charge in [0, 0.05) is 48.1 Å². The molecule has 2 atom stereocenters. The van der Waals surface area contributed by atoms with E-state index in [4.69, 9.17) is 5.73 Å². The molecule has 0 aliphatic carbocycles. The molecule has 18 nitrogen and oxygen atoms in total. The SMILES string of the molecule is CCCC(=O)N(C)[C@H](SCCCCN)C(=O)N(C)[C@@H](CC(C)(C)O)C(=O)NC(=O)N(C)C(=O)NC(=O)NC(=O)N(C)C(=O)NC. The molecular weight excluding hydrogens is 614 g/mol. The summed E-state index contributed by atoms with van der Waals surface area (Å²) < 4.78 is 0. The third-order valence-electron chi connectivity index (χ3n) is 6.21. The van der Waals surface area contributed by atoms with E-state index in [0.717, 1.165) is 19.0 Å². The van der Waals surface area contributed by atoms with Gasteiger partial charge in [-0.1, -0.05) is 6.92 Å². The highest BCUT2D eigenvalue weighted by atomic mass is 32.2. The highest BCUT2D eigenvalue weighted by Crippen LogP contribution is 2.23. The minimum atomic E-state index is -1.50. The number of likely N-dealkylation sites (N-methyl/N-ethyl adjacent to an activating group) is 2. The Bertz CT molecular complexity index is 1100. The Hall–Kier alpha value is -3.97. The van der Waals surface area contributed by atoms with Crippen LogP contribution in [0, 0.1) is 0 Å². The predicted octanol–water partition coefficient (Wildman–Crippen LogP) is 0.00950. The summed E-state index contributed by atoms with van der Waals surface area (Å²) in [5, 5.41) is 17.0. The number of nitrogens with two attached hydrogens (primary N) is 1. The molecule has 256 valence electrons. The monoisotopic (exact) mass is 661 g/mol. The number of imide groups is 5. The van der Waals surface area contributed by atoms with Gasteiger partial charge in [-0.05, 0) is 45.4 Å². The number of rotatable bonds is 13. The largest absolute Gasteiger partial charge is 0.390 e. The van der Waals surface area contributed by atoms with E-state index in [2.05, 4.69) is 5.32 Å². The standard InChI is InChI=1S/C26H47N9O9S/c1-9-12-17(36)33(6)20(45-14-11-10-13-27)19(38)32(5)16(15-26(2,3)44)18(37)29-23(41)35(8)25(43)31-21(39)30-24(42)34(7)22(40)28-4/h16,20,44H,9-15,27H2,1-8H3,(H,28,40)(H,29,37,41)(H2,30,31,39,42,43)/t16-,20+/m0/s1. The average molecular weight is 662 g/mol. The van der Waals surface area contributed by atoms with Gasteiger partial charge in [0.25, 0.3) is 11.8 Å². The van der Waals surface area contributed by atoms with E-state index in [1.54, 1.807) is 10.6 Å². The molecule has 0 heterocycles. The molecule has 0 aromatic carbocycles. The van der Waals surface area contributed by atoms with E-state index >= 15 is 0 Å². The number of aliphatic hydroxyl groups is 1. The Morgan fingerprint density at radius 1 is 0.822 bits per heavy atom. The number of carbonyl (C=O) groups excluding carboxylic acids is 8. The van der Waals surface area contributed by atoms with Crippen LogP contribution in [0.2, 0.25) is 0 Å². The molecule has 0 aliphatic rings. The maximum atomic E-state index is 13.7. The molecular formula is C26H47N9O9S. The van der Waals surface area contributed by atoms with E-state index in [1.807, 2.05) is 12.2 Å². The van der Waals surface area contributed by atoms with Gasteiger partial charge in [0.2, 0.25) is 5.91 Å². The fourth-order valence-corrected chi connectivity index (χ4v) is 4.78. The van der Waals surface area contributed by atoms with Gasteiger partial charge >= 0.3 is 30.2 Å². The Morgan fingerprint density at radius 2 is 1.33 bits per heavy atom. The molecule has 45 heavy (non-hydrogen) atoms. The van der Waals surface area contributed by atoms with Crippen molar-refractivity contribution in [3.8, 4) is 0 Å². The van der Waals surface area contributed by atoms with Gasteiger partial charge in [0.1, 0.15) is 6.04 Å². The molecule has 7 N–H and O–H groups in total. The van der Waals surface area contributed by atoms with Crippen molar-refractivity contribution >= 4 is 59.6 Å². The number of urea groups is 5. The number of amides is 13. The van der Waals surface area contributed by atoms with Gasteiger partial charge in [-0.3, -0.25) is 30.3 Å². The number of nitrogens with zero attached hydrogens (tertiary/aromatic N) is 4. The quantitative estimate of drug-likeness (QED) is 0.113. The van der Waals surface area contributed by atoms with Crippen molar-refractivity contribution in [1.29, 1.82) is 0 Å². The Morgan fingerprint density at radius 3 is 1.80 bits per heavy atom. The molecule has 0 saturated carbocycles. The predicted molar refractivity (Wildman–Crippen MR) is 166 cm³/mol. The molecule has 0 rings (SSSR count). The van der Waals surface area contributed by atoms with Crippen LogP contribution in [0.1, 0.15) is 52.9 Å². The van der Waals surface area contributed by atoms with E-state index in [0.29, 0.717) is 41.4 Å². The second-order valence-corrected chi connectivity index (χ2v) is 11.8. The minimum absolute atomic E-state index is 0.195. The molecule has 0 aromatic rings. The number of unbranched alkanes of at least 4 members (excludes halogenated alkanes) is 1. The van der Waals surface area contributed by atoms with Gasteiger partial charge in [-0.2, -0.15) is 0 Å². The van der Waals surface area contributed by atoms with Crippen molar-refractivity contribution in [2.75, 3.05) is 47.5 Å². The van der Waals surface area contributed by atoms with Crippen LogP contribution in [0.5, 0.6) is 0 Å². The number of nitrogens with one attached hydrogen (secondary N) is 4. The Kier molecular flexibility index (Phi) is 17.7. The summed E-state index contributed by atoms with van der Waals surface area (Å²) in [5.41, 5.74) is 4.06. The second kappa shape index (κ2) is 19.4. The third kappa shape index (κ3) is 14.1. The van der Waals surface area contributed by atoms with Crippen LogP contribution < -0.4 is 27.0 Å². The van der Waals surface area contributed by atoms with E-state index in [-0.39, 0.29) is 18.7 Å². The molecule has 13 amide bonds. The van der Waals surface area contributed by atoms with Gasteiger partial charge in [0.05, 0.1) is 5.60 Å². The first-order valence-corrected chi connectivity index (χ1v) is 15.1. The van der Waals surface area contributed by atoms with Crippen LogP contribution in [0.25, 0.3) is 0 Å². The van der Waals surface area contributed by atoms with Crippen LogP contribution in [-0.4, -0.2) is 137 Å². The zero-order valence-electron chi connectivity index (χ0n) is 27.1. The van der Waals surface area contributed by atoms with E-state index in [1.165, 1.54) is 51.7 Å². The third-order valence-corrected chi connectivity index (χ3v) is 7.57. The lowest BCUT2D eigenvalue weighted by Gasteiger charge is -2.36. The van der Waals surface area contributed by atoms with Crippen molar-refractivity contribution in [2.24, 2.45) is 5.73 Å². The molecule has 0 fully saturated rings. The molecule has 0 aliphatic heterocycles. The summed E-state index contributed by atoms with van der Waals surface area (Å²) in [5.74, 6) is -1.48. The van der Waals surface area contributed by atoms with Crippen LogP contribution in [0.4, 0.5) is 24.0 Å². The second-order valence-electron chi connectivity index (χ2n) is 10.6. The summed E-state index contributed by atoms with van der Waals surface area (Å²) in [6.07, 6.45) is 1.80. The Labute approximate surface area is 267 Å². The van der Waals surface area contributed by atoms with Gasteiger partial charge < -0.3 is 26.0 Å². The highest BCUT2D eigenvalue weighted by Gasteiger charge is 2.38. The normalized spacial score (nSPS) is 12.1. The maximum Gasteiger partial charge on any atom is 0.333 e. The molecule has 19 heteroatoms. The first-order valence-electron chi connectivity index (χ1n) is 14.1. The zero-order chi connectivity index (χ0) is 35.1. The van der Waals surface area contributed by atoms with E-state index in [9.17, 15) is 43.5 Å². The van der Waals surface area contributed by atoms with Crippen LogP contribution >= 0.6 is 11.8 Å². The topological polar surface area (TPSA) is 244 Å². The lowest BCUT2D eigenvalue weighted by atomic mass is 9.97. The number of carbonyl (C=O) groups is 8. The fraction of sp³-hybridized carbons (Fsp3) is 0.692. The Balaban J connectivity index is 5.82. The molecule has 0 radical (unpaired) electrons. The summed E-state index contributed by atoms with van der Waals surface area (Å²) >= 11 is 1.19. The summed E-state index contributed by atoms with van der Waals surface area (Å²) in [7, 11) is 6.00. The van der Waals surface area contributed by atoms with Gasteiger partial charge in [-0.25, -0.2) is 33.8 Å². The van der Waals surface area contributed by atoms with Gasteiger partial charge in [-0.15, -0.1) is 11.8 Å². The molecule has 0 unspecified atom stereocenters. The molecule has 0 saturated heterocycles. The maximum absolute atomic E-state index is 13.7. The zero-order valence-corrected chi connectivity index (χ0v) is 27.9. The summed E-state index contributed by atoms with van der Waals surface area (Å²) in [4.78, 5) is 103. The van der Waals surface area contributed by atoms with Crippen LogP contribution in [-0.2, 0) is 14.4 Å². The van der Waals surface area contributed by atoms with Crippen molar-refractivity contribution in [3.05, 3.63) is 0 Å². The van der Waals surface area contributed by atoms with Crippen LogP contribution in [0.15, 0.2) is 0 Å². The van der Waals surface area contributed by atoms with Crippen molar-refractivity contribution in [1.82, 2.24) is 40.9 Å². The summed E-state index contributed by atoms with van der Waals surface area (Å²) in [6, 6.07) is -7.47. The molecule has 0 spiro atoms. The van der Waals surface area contributed by atoms with Crippen molar-refractivity contribution in [3.63, 3.8) is 0 Å². The molecule has 0 aromatic heterocycles. The fourth-order valence-electron chi connectivity index (χ4n) is 3.54. The first-order chi connectivity index (χ1) is 20.8. The lowest BCUT2D eigenvalue weighted by Crippen LogP contribution is -2.58. The molecule has 0 bridgehead atoms. The van der Waals surface area contributed by atoms with Crippen molar-refractivity contribution in [2.45, 2.75) is 69.9 Å². The highest BCUT2D eigenvalue weighted by molar-refractivity contribution is 8.00. The van der Waals surface area contributed by atoms with E-state index < -0.39 is 59.0 Å². The van der Waals surface area contributed by atoms with Gasteiger partial charge in [0.15, 0.2) is 5.37 Å². The number of hydrogen-bond donors (Lipinski definition) is 6. The first kappa shape index (κ1) is 41.0. The van der Waals surface area contributed by atoms with Crippen LogP contribution in [0.3, 0.4) is 0 Å². The minimum Gasteiger partial charge on any atom is -0.390 e. The lowest BCUT2D eigenvalue weighted by molar-refractivity contribution is -0.145. The summed E-state index contributed by atoms with van der Waals surface area (Å²) in [6.45, 7) is 5.06. The smallest absolute Gasteiger partial charge is 0.333 e. The average Bonchev–Trinajstić information content (AvgIpc) is 2.96.